The number of benzene rings is 1. The highest BCUT2D eigenvalue weighted by molar-refractivity contribution is 5.52. The van der Waals surface area contributed by atoms with Crippen LogP contribution < -0.4 is 10.5 Å². The monoisotopic (exact) mass is 223 g/mol. The second-order valence-electron chi connectivity index (χ2n) is 2.87. The first-order chi connectivity index (χ1) is 6.90. The van der Waals surface area contributed by atoms with Crippen LogP contribution in [0.3, 0.4) is 0 Å². The van der Waals surface area contributed by atoms with Gasteiger partial charge in [-0.1, -0.05) is 6.07 Å². The Kier molecular flexibility index (Phi) is 3.39. The van der Waals surface area contributed by atoms with E-state index in [2.05, 4.69) is 4.74 Å². The van der Waals surface area contributed by atoms with Crippen LogP contribution >= 0.6 is 0 Å². The van der Waals surface area contributed by atoms with Crippen molar-refractivity contribution >= 4 is 5.69 Å². The highest BCUT2D eigenvalue weighted by Crippen LogP contribution is 2.26. The van der Waals surface area contributed by atoms with Crippen molar-refractivity contribution in [3.8, 4) is 5.75 Å². The molecule has 0 radical (unpaired) electrons. The predicted octanol–water partition coefficient (Wildman–Crippen LogP) is 2.74. The van der Waals surface area contributed by atoms with Gasteiger partial charge >= 0.3 is 6.18 Å². The number of hydrogen-bond donors (Lipinski definition) is 1. The minimum atomic E-state index is -4.32. The van der Waals surface area contributed by atoms with Gasteiger partial charge in [0, 0.05) is 0 Å². The molecule has 0 amide bonds. The van der Waals surface area contributed by atoms with Gasteiger partial charge in [0.2, 0.25) is 0 Å². The number of alkyl halides is 3. The Morgan fingerprint density at radius 1 is 1.27 bits per heavy atom. The zero-order valence-corrected chi connectivity index (χ0v) is 7.64. The van der Waals surface area contributed by atoms with Gasteiger partial charge in [0.05, 0.1) is 18.7 Å². The van der Waals surface area contributed by atoms with Crippen LogP contribution in [0.5, 0.6) is 5.75 Å². The molecule has 2 N–H and O–H groups in total. The molecule has 0 unspecified atom stereocenters. The molecule has 0 atom stereocenters. The summed E-state index contributed by atoms with van der Waals surface area (Å²) in [7, 11) is 0. The number of rotatable bonds is 3. The highest BCUT2D eigenvalue weighted by atomic mass is 19.4. The molecule has 0 bridgehead atoms. The average molecular weight is 223 g/mol. The molecule has 0 spiro atoms. The Balaban J connectivity index is 2.58. The molecule has 1 rings (SSSR count). The summed E-state index contributed by atoms with van der Waals surface area (Å²) < 4.78 is 52.9. The smallest absolute Gasteiger partial charge is 0.392 e. The lowest BCUT2D eigenvalue weighted by molar-refractivity contribution is -0.139. The van der Waals surface area contributed by atoms with Crippen LogP contribution in [0.2, 0.25) is 0 Å². The van der Waals surface area contributed by atoms with E-state index in [1.54, 1.807) is 0 Å². The van der Waals surface area contributed by atoms with Crippen LogP contribution in [0, 0.1) is 5.82 Å². The lowest BCUT2D eigenvalue weighted by Gasteiger charge is -2.10. The van der Waals surface area contributed by atoms with E-state index in [1.807, 2.05) is 0 Å². The third-order valence-electron chi connectivity index (χ3n) is 1.63. The molecule has 6 heteroatoms. The Hall–Kier alpha value is -1.46. The van der Waals surface area contributed by atoms with Crippen LogP contribution in [0.1, 0.15) is 6.42 Å². The van der Waals surface area contributed by atoms with Crippen molar-refractivity contribution in [3.63, 3.8) is 0 Å². The van der Waals surface area contributed by atoms with E-state index in [1.165, 1.54) is 12.1 Å². The highest BCUT2D eigenvalue weighted by Gasteiger charge is 2.27. The Labute approximate surface area is 83.6 Å². The number of anilines is 1. The zero-order valence-electron chi connectivity index (χ0n) is 7.64. The Bertz CT molecular complexity index is 317. The molecule has 0 saturated carbocycles. The topological polar surface area (TPSA) is 35.2 Å². The van der Waals surface area contributed by atoms with Crippen LogP contribution in [0.25, 0.3) is 0 Å². The van der Waals surface area contributed by atoms with Crippen molar-refractivity contribution in [1.29, 1.82) is 0 Å². The molecule has 0 fully saturated rings. The molecule has 1 aromatic rings. The first kappa shape index (κ1) is 11.6. The maximum absolute atomic E-state index is 13.0. The first-order valence-electron chi connectivity index (χ1n) is 4.13. The fraction of sp³-hybridized carbons (Fsp3) is 0.333. The maximum Gasteiger partial charge on any atom is 0.392 e. The molecular weight excluding hydrogens is 214 g/mol. The third kappa shape index (κ3) is 3.65. The summed E-state index contributed by atoms with van der Waals surface area (Å²) in [6, 6.07) is 3.77. The number of halogens is 4. The fourth-order valence-corrected chi connectivity index (χ4v) is 0.947. The summed E-state index contributed by atoms with van der Waals surface area (Å²) in [4.78, 5) is 0. The van der Waals surface area contributed by atoms with E-state index < -0.39 is 25.0 Å². The molecule has 0 aliphatic heterocycles. The van der Waals surface area contributed by atoms with Gasteiger partial charge in [0.25, 0.3) is 0 Å². The minimum absolute atomic E-state index is 0.0165. The molecular formula is C9H9F4NO. The van der Waals surface area contributed by atoms with Crippen LogP contribution in [0.4, 0.5) is 23.2 Å². The standard InChI is InChI=1S/C9H9F4NO/c10-6-2-1-3-7(14)8(6)15-5-4-9(11,12)13/h1-3H,4-5,14H2. The van der Waals surface area contributed by atoms with Gasteiger partial charge in [-0.25, -0.2) is 4.39 Å². The van der Waals surface area contributed by atoms with Crippen molar-refractivity contribution in [1.82, 2.24) is 0 Å². The number of para-hydroxylation sites is 1. The van der Waals surface area contributed by atoms with E-state index in [0.29, 0.717) is 0 Å². The van der Waals surface area contributed by atoms with E-state index in [4.69, 9.17) is 5.73 Å². The number of nitrogen functional groups attached to an aromatic ring is 1. The van der Waals surface area contributed by atoms with Gasteiger partial charge in [-0.05, 0) is 12.1 Å². The second-order valence-corrected chi connectivity index (χ2v) is 2.87. The van der Waals surface area contributed by atoms with E-state index in [0.717, 1.165) is 6.07 Å². The van der Waals surface area contributed by atoms with Crippen molar-refractivity contribution in [3.05, 3.63) is 24.0 Å². The molecule has 0 saturated heterocycles. The quantitative estimate of drug-likeness (QED) is 0.631. The largest absolute Gasteiger partial charge is 0.488 e. The molecule has 0 heterocycles. The SMILES string of the molecule is Nc1cccc(F)c1OCCC(F)(F)F. The number of nitrogens with two attached hydrogens (primary N) is 1. The van der Waals surface area contributed by atoms with E-state index in [9.17, 15) is 17.6 Å². The van der Waals surface area contributed by atoms with Crippen LogP contribution in [-0.4, -0.2) is 12.8 Å². The number of ether oxygens (including phenoxy) is 1. The van der Waals surface area contributed by atoms with Crippen molar-refractivity contribution in [2.75, 3.05) is 12.3 Å². The second kappa shape index (κ2) is 4.37. The van der Waals surface area contributed by atoms with Crippen LogP contribution in [-0.2, 0) is 0 Å². The molecule has 15 heavy (non-hydrogen) atoms. The first-order valence-corrected chi connectivity index (χ1v) is 4.13. The zero-order chi connectivity index (χ0) is 11.5. The summed E-state index contributed by atoms with van der Waals surface area (Å²) in [6.07, 6.45) is -5.46. The van der Waals surface area contributed by atoms with Crippen molar-refractivity contribution in [2.45, 2.75) is 12.6 Å². The number of hydrogen-bond acceptors (Lipinski definition) is 2. The Morgan fingerprint density at radius 2 is 1.93 bits per heavy atom. The maximum atomic E-state index is 13.0. The van der Waals surface area contributed by atoms with Gasteiger partial charge in [-0.15, -0.1) is 0 Å². The van der Waals surface area contributed by atoms with Gasteiger partial charge in [-0.2, -0.15) is 13.2 Å². The predicted molar refractivity (Wildman–Crippen MR) is 47.0 cm³/mol. The third-order valence-corrected chi connectivity index (χ3v) is 1.63. The normalized spacial score (nSPS) is 11.5. The molecule has 84 valence electrons. The summed E-state index contributed by atoms with van der Waals surface area (Å²) in [5, 5.41) is 0. The van der Waals surface area contributed by atoms with Gasteiger partial charge in [-0.3, -0.25) is 0 Å². The van der Waals surface area contributed by atoms with Crippen molar-refractivity contribution < 1.29 is 22.3 Å². The molecule has 0 aromatic heterocycles. The van der Waals surface area contributed by atoms with Gasteiger partial charge in [0.15, 0.2) is 11.6 Å². The summed E-state index contributed by atoms with van der Waals surface area (Å²) in [5.74, 6) is -1.10. The van der Waals surface area contributed by atoms with Crippen LogP contribution in [0.15, 0.2) is 18.2 Å². The fourth-order valence-electron chi connectivity index (χ4n) is 0.947. The summed E-state index contributed by atoms with van der Waals surface area (Å²) in [6.45, 7) is -0.644. The Morgan fingerprint density at radius 3 is 2.47 bits per heavy atom. The molecule has 2 nitrogen and oxygen atoms in total. The average Bonchev–Trinajstić information content (AvgIpc) is 2.08. The summed E-state index contributed by atoms with van der Waals surface area (Å²) >= 11 is 0. The van der Waals surface area contributed by atoms with E-state index in [-0.39, 0.29) is 11.4 Å². The lowest BCUT2D eigenvalue weighted by atomic mass is 10.3. The molecule has 1 aromatic carbocycles. The molecule has 0 aliphatic carbocycles. The molecule has 0 aliphatic rings. The van der Waals surface area contributed by atoms with Crippen molar-refractivity contribution in [2.24, 2.45) is 0 Å². The lowest BCUT2D eigenvalue weighted by Crippen LogP contribution is -2.14. The minimum Gasteiger partial charge on any atom is -0.488 e. The van der Waals surface area contributed by atoms with Gasteiger partial charge < -0.3 is 10.5 Å². The summed E-state index contributed by atoms with van der Waals surface area (Å²) in [5.41, 5.74) is 5.31. The van der Waals surface area contributed by atoms with Gasteiger partial charge in [0.1, 0.15) is 0 Å². The van der Waals surface area contributed by atoms with E-state index >= 15 is 0 Å².